The zero-order chi connectivity index (χ0) is 97.8. The number of hydrogen-bond acceptors (Lipinski definition) is 0. The average Bonchev–Trinajstić information content (AvgIpc) is 0.707. The molecule has 0 rings (SSSR count). The average molecular weight is 1510 g/mol. The van der Waals surface area contributed by atoms with Gasteiger partial charge in [0.25, 0.3) is 0 Å². The Bertz CT molecular complexity index is 2260. The lowest BCUT2D eigenvalue weighted by molar-refractivity contribution is 3.13. The van der Waals surface area contributed by atoms with E-state index < -0.39 is 0 Å². The van der Waals surface area contributed by atoms with Gasteiger partial charge in [0.2, 0.25) is 0 Å². The molecular formula is H130B128. The Morgan fingerprint density at radius 2 is 0.172 bits per heavy atom. The molecule has 0 unspecified atom stereocenters. The van der Waals surface area contributed by atoms with Gasteiger partial charge in [-0.2, -0.15) is 0 Å². The van der Waals surface area contributed by atoms with E-state index in [1.165, 1.54) is 311 Å². The van der Waals surface area contributed by atoms with Crippen LogP contribution in [0.3, 0.4) is 0 Å². The Hall–Kier alpha value is 8.31. The molecule has 0 N–H and O–H groups in total. The highest BCUT2D eigenvalue weighted by Crippen LogP contribution is 2.31. The molecular weight excluding hydrogens is 1380 g/mol. The molecule has 0 aromatic heterocycles. The zero-order valence-electron chi connectivity index (χ0n) is 97.8. The molecule has 0 bridgehead atoms. The largest absolute Gasteiger partial charge is 0.0597 e. The highest BCUT2D eigenvalue weighted by atomic mass is 13.5. The van der Waals surface area contributed by atoms with E-state index in [2.05, 4.69) is 333 Å². The predicted molar refractivity (Wildman–Crippen MR) is 918 cm³/mol. The first-order chi connectivity index (χ1) is 61.8. The summed E-state index contributed by atoms with van der Waals surface area (Å²) in [4.78, 5) is 0. The van der Waals surface area contributed by atoms with Gasteiger partial charge in [-0.3, -0.25) is 0 Å². The second-order valence-electron chi connectivity index (χ2n) is 45.5. The molecule has 0 heterocycles. The molecule has 0 saturated carbocycles. The van der Waals surface area contributed by atoms with Crippen molar-refractivity contribution in [2.24, 2.45) is 0 Å². The van der Waals surface area contributed by atoms with Crippen molar-refractivity contribution >= 4 is 905 Å². The van der Waals surface area contributed by atoms with Crippen LogP contribution in [0.2, 0.25) is 0 Å². The molecule has 0 nitrogen and oxygen atoms in total. The second-order valence-corrected chi connectivity index (χ2v) is 45.5. The molecule has 128 heavy (non-hydrogen) atoms. The Balaban J connectivity index is 16.5. The van der Waals surface area contributed by atoms with Crippen LogP contribution >= 0.6 is 0 Å². The van der Waals surface area contributed by atoms with Gasteiger partial charge in [0.1, 0.15) is 0 Å². The lowest BCUT2D eigenvalue weighted by Crippen LogP contribution is -3.01. The fourth-order valence-electron chi connectivity index (χ4n) is 36.5. The summed E-state index contributed by atoms with van der Waals surface area (Å²) in [7, 11) is 180. The van der Waals surface area contributed by atoms with Crippen LogP contribution in [-0.4, -0.2) is 905 Å². The van der Waals surface area contributed by atoms with Gasteiger partial charge >= 0.3 is 0 Å². The third-order valence-corrected chi connectivity index (χ3v) is 42.7. The summed E-state index contributed by atoms with van der Waals surface area (Å²) >= 11 is 0. The van der Waals surface area contributed by atoms with Crippen LogP contribution in [0.4, 0.5) is 0 Å². The van der Waals surface area contributed by atoms with Gasteiger partial charge < -0.3 is 0 Å². The van der Waals surface area contributed by atoms with Crippen molar-refractivity contribution in [3.8, 4) is 0 Å². The van der Waals surface area contributed by atoms with Crippen molar-refractivity contribution in [1.82, 2.24) is 0 Å². The Labute approximate surface area is 895 Å². The Morgan fingerprint density at radius 3 is 0.266 bits per heavy atom. The van der Waals surface area contributed by atoms with E-state index >= 15 is 0 Å². The van der Waals surface area contributed by atoms with Crippen molar-refractivity contribution in [1.29, 1.82) is 0 Å². The minimum atomic E-state index is 0.528. The van der Waals surface area contributed by atoms with E-state index in [0.717, 1.165) is 0 Å². The number of hydrogen-bond donors (Lipinski definition) is 0. The lowest BCUT2D eigenvalue weighted by Gasteiger charge is -2.62. The van der Waals surface area contributed by atoms with Crippen molar-refractivity contribution < 1.29 is 0 Å². The summed E-state index contributed by atoms with van der Waals surface area (Å²) in [6, 6.07) is 0. The molecule has 0 aliphatic rings. The van der Waals surface area contributed by atoms with Gasteiger partial charge in [-0.05, 0) is 0 Å². The Morgan fingerprint density at radius 1 is 0.0781 bits per heavy atom. The minimum absolute atomic E-state index is 0.528. The van der Waals surface area contributed by atoms with Gasteiger partial charge in [-0.25, -0.2) is 0 Å². The third-order valence-electron chi connectivity index (χ3n) is 42.7. The minimum Gasteiger partial charge on any atom is 0.0000160 e. The zero-order valence-corrected chi connectivity index (χ0v) is 97.8. The summed E-state index contributed by atoms with van der Waals surface area (Å²) in [6.45, 7) is 0. The van der Waals surface area contributed by atoms with Crippen LogP contribution in [0.5, 0.6) is 0 Å². The highest BCUT2D eigenvalue weighted by Gasteiger charge is 2.70. The first-order valence-electron chi connectivity index (χ1n) is 61.8. The highest BCUT2D eigenvalue weighted by molar-refractivity contribution is 8.44. The van der Waals surface area contributed by atoms with Crippen LogP contribution in [-0.2, 0) is 0 Å². The smallest absolute Gasteiger partial charge is 0.0000160 e. The first-order valence-corrected chi connectivity index (χ1v) is 61.8. The van der Waals surface area contributed by atoms with Crippen LogP contribution < -0.4 is 0 Å². The van der Waals surface area contributed by atoms with Crippen molar-refractivity contribution in [3.05, 3.63) is 0 Å². The summed E-state index contributed by atoms with van der Waals surface area (Å²) in [5, 5.41) is 0. The van der Waals surface area contributed by atoms with Crippen molar-refractivity contribution in [2.75, 3.05) is 0 Å². The molecule has 0 fully saturated rings. The summed E-state index contributed by atoms with van der Waals surface area (Å²) in [5.74, 6) is 0. The van der Waals surface area contributed by atoms with Crippen molar-refractivity contribution in [3.63, 3.8) is 0 Å². The molecule has 0 amide bonds. The molecule has 0 aromatic rings. The normalized spacial score (nSPS) is 9.19. The van der Waals surface area contributed by atoms with Gasteiger partial charge in [-0.15, -0.1) is 0 Å². The third kappa shape index (κ3) is 36.6. The lowest BCUT2D eigenvalue weighted by atomic mass is 8.19. The quantitative estimate of drug-likeness (QED) is 0.0533. The molecule has 0 radical (unpaired) electrons. The van der Waals surface area contributed by atoms with E-state index in [-0.39, 0.29) is 0 Å². The van der Waals surface area contributed by atoms with Crippen LogP contribution in [0.15, 0.2) is 0 Å². The Kier molecular flexibility index (Phi) is 84.6. The molecule has 128 heteroatoms. The molecule has 0 spiro atoms. The maximum absolute atomic E-state index is 2.97. The van der Waals surface area contributed by atoms with Gasteiger partial charge in [0.15, 0.2) is 0 Å². The molecule has 0 aliphatic carbocycles. The van der Waals surface area contributed by atoms with Gasteiger partial charge in [0, 0.05) is 572 Å². The van der Waals surface area contributed by atoms with Gasteiger partial charge in [-0.1, -0.05) is 0 Å². The van der Waals surface area contributed by atoms with Crippen LogP contribution in [0.1, 0.15) is 0 Å². The summed E-state index contributed by atoms with van der Waals surface area (Å²) < 4.78 is 0. The summed E-state index contributed by atoms with van der Waals surface area (Å²) in [5.41, 5.74) is 0. The van der Waals surface area contributed by atoms with E-state index in [9.17, 15) is 0 Å². The van der Waals surface area contributed by atoms with E-state index in [1.807, 2.05) is 0 Å². The fraction of sp³-hybridized carbons (Fsp3) is 0. The maximum Gasteiger partial charge on any atom is 0.0597 e. The molecule has 0 aromatic carbocycles. The predicted octanol–water partition coefficient (Wildman–Crippen LogP) is -83.5. The van der Waals surface area contributed by atoms with E-state index in [0.29, 0.717) is 262 Å². The van der Waals surface area contributed by atoms with Crippen molar-refractivity contribution in [2.45, 2.75) is 0 Å². The molecule has 0 saturated heterocycles. The standard InChI is InChI=1S/B128H130/c1-44-87-102(73-30)116(101(71-28)72-29)121(111(82-39)96(61-18)62-19)126(122(112(83-40)97(63-20)64-21)117(103(74-31)88(45-2)46-3)104(75-32)89(47-4)48-5)128(125(115(86-43)100(69-26)70-27)120(109(80-37)94(57-14)58-15)110(81-38)95(59-16)60-17)127(123(113(84-41)98(65-22)66-23)118(105(76-33)90(49-6)50-7)106(77-34)91(51-8)52-9)124(114(85-42)99(67-24)68-25)119(107(78-35)92(53-10)54-11)108(79-36)93(55-12)56-13/h44-87H,1-43H2. The first kappa shape index (κ1) is 136. The van der Waals surface area contributed by atoms with E-state index in [4.69, 9.17) is 0 Å². The monoisotopic (exact) mass is 1540 g/mol. The second kappa shape index (κ2) is 79.4. The molecule has 514 valence electrons. The summed E-state index contributed by atoms with van der Waals surface area (Å²) in [6.07, 6.45) is 26.5. The molecule has 0 aliphatic heterocycles. The van der Waals surface area contributed by atoms with E-state index in [1.54, 1.807) is 0 Å². The van der Waals surface area contributed by atoms with Crippen LogP contribution in [0, 0.1) is 0 Å². The fourth-order valence-corrected chi connectivity index (χ4v) is 36.5. The maximum atomic E-state index is 2.97. The SMILES string of the molecule is BBBB(BB)B(B(BB)BB)B(B(BB)B(BB)BB)B(B(B(BB)B(BB)BB)B(B(BB)B(BB)BB)B(BB)B(BB)BB)B(B(B(BB)B(BB)BB)B(B(BB)B(BB)BB)B(BB)B(BB)BB)B(B(B(BB)B(BB)BB)B(B(BB)B(BB)BB)B(BB)B(BB)BB)B(B(BB)B(BB)BB)B(B(BB)B(BB)BB)B(BB)B(BB)BB. The topological polar surface area (TPSA) is 0 Å². The molecule has 0 atom stereocenters. The van der Waals surface area contributed by atoms with Gasteiger partial charge in [0.05, 0.1) is 333 Å². The number of rotatable bonds is 84. The van der Waals surface area contributed by atoms with Crippen LogP contribution in [0.25, 0.3) is 0 Å².